The van der Waals surface area contributed by atoms with Crippen molar-refractivity contribution < 1.29 is 9.18 Å². The van der Waals surface area contributed by atoms with Crippen LogP contribution in [0.5, 0.6) is 0 Å². The van der Waals surface area contributed by atoms with Gasteiger partial charge < -0.3 is 16.0 Å². The third kappa shape index (κ3) is 3.46. The molecule has 1 aliphatic rings. The number of pyridine rings is 1. The Bertz CT molecular complexity index is 966. The number of hydrogen-bond donors (Lipinski definition) is 3. The molecule has 1 aromatic carbocycles. The van der Waals surface area contributed by atoms with Gasteiger partial charge in [-0.25, -0.2) is 9.37 Å². The molecule has 1 fully saturated rings. The summed E-state index contributed by atoms with van der Waals surface area (Å²) in [7, 11) is 0. The summed E-state index contributed by atoms with van der Waals surface area (Å²) in [6.45, 7) is 0.215. The first-order chi connectivity index (χ1) is 13.0. The molecule has 138 valence electrons. The van der Waals surface area contributed by atoms with E-state index in [0.29, 0.717) is 41.3 Å². The number of halogens is 1. The van der Waals surface area contributed by atoms with Gasteiger partial charge in [-0.2, -0.15) is 0 Å². The van der Waals surface area contributed by atoms with Gasteiger partial charge in [0, 0.05) is 11.8 Å². The number of nitrogens with one attached hydrogen (secondary N) is 2. The van der Waals surface area contributed by atoms with Crippen molar-refractivity contribution >= 4 is 5.91 Å². The first-order valence-electron chi connectivity index (χ1n) is 8.89. The van der Waals surface area contributed by atoms with Crippen molar-refractivity contribution in [3.8, 4) is 22.6 Å². The molecule has 0 spiro atoms. The summed E-state index contributed by atoms with van der Waals surface area (Å²) < 4.78 is 13.7. The van der Waals surface area contributed by atoms with E-state index < -0.39 is 5.54 Å². The molecule has 4 rings (SSSR count). The zero-order valence-electron chi connectivity index (χ0n) is 14.7. The molecule has 1 amide bonds. The van der Waals surface area contributed by atoms with Gasteiger partial charge in [-0.05, 0) is 43.5 Å². The molecule has 2 aromatic heterocycles. The standard InChI is InChI=1S/C20H20FN5O/c21-14-6-3-5-13(11-14)17-18(15-7-1-2-10-23-15)26-16(25-17)12-24-19(27)20(22)8-4-9-20/h1-3,5-7,10-11H,4,8-9,12,22H2,(H,24,27)(H,25,26). The molecule has 2 heterocycles. The summed E-state index contributed by atoms with van der Waals surface area (Å²) in [6.07, 6.45) is 4.05. The van der Waals surface area contributed by atoms with E-state index in [2.05, 4.69) is 20.3 Å². The second kappa shape index (κ2) is 6.92. The second-order valence-corrected chi connectivity index (χ2v) is 6.82. The molecule has 0 bridgehead atoms. The average Bonchev–Trinajstić information content (AvgIpc) is 3.09. The Hall–Kier alpha value is -3.06. The van der Waals surface area contributed by atoms with Crippen LogP contribution in [0.2, 0.25) is 0 Å². The van der Waals surface area contributed by atoms with Crippen molar-refractivity contribution in [2.75, 3.05) is 0 Å². The minimum atomic E-state index is -0.762. The predicted octanol–water partition coefficient (Wildman–Crippen LogP) is 2.78. The van der Waals surface area contributed by atoms with Gasteiger partial charge in [-0.15, -0.1) is 0 Å². The first kappa shape index (κ1) is 17.4. The maximum Gasteiger partial charge on any atom is 0.240 e. The lowest BCUT2D eigenvalue weighted by molar-refractivity contribution is -0.129. The number of carbonyl (C=O) groups excluding carboxylic acids is 1. The number of rotatable bonds is 5. The lowest BCUT2D eigenvalue weighted by Crippen LogP contribution is -2.58. The molecule has 6 nitrogen and oxygen atoms in total. The highest BCUT2D eigenvalue weighted by molar-refractivity contribution is 5.87. The van der Waals surface area contributed by atoms with Crippen molar-refractivity contribution in [2.24, 2.45) is 5.73 Å². The number of hydrogen-bond acceptors (Lipinski definition) is 4. The zero-order chi connectivity index (χ0) is 18.9. The van der Waals surface area contributed by atoms with E-state index in [1.165, 1.54) is 12.1 Å². The Labute approximate surface area is 156 Å². The number of H-pyrrole nitrogens is 1. The van der Waals surface area contributed by atoms with Gasteiger partial charge in [0.05, 0.1) is 29.2 Å². The normalized spacial score (nSPS) is 15.2. The number of aromatic amines is 1. The van der Waals surface area contributed by atoms with Gasteiger partial charge in [0.2, 0.25) is 5.91 Å². The van der Waals surface area contributed by atoms with Crippen molar-refractivity contribution in [2.45, 2.75) is 31.3 Å². The Balaban J connectivity index is 1.64. The summed E-state index contributed by atoms with van der Waals surface area (Å²) in [6, 6.07) is 11.8. The fourth-order valence-corrected chi connectivity index (χ4v) is 3.17. The Morgan fingerprint density at radius 2 is 2.11 bits per heavy atom. The van der Waals surface area contributed by atoms with E-state index in [-0.39, 0.29) is 18.3 Å². The molecule has 0 atom stereocenters. The summed E-state index contributed by atoms with van der Waals surface area (Å²) >= 11 is 0. The van der Waals surface area contributed by atoms with Crippen LogP contribution >= 0.6 is 0 Å². The van der Waals surface area contributed by atoms with E-state index >= 15 is 0 Å². The average molecular weight is 365 g/mol. The number of benzene rings is 1. The van der Waals surface area contributed by atoms with Gasteiger partial charge >= 0.3 is 0 Å². The second-order valence-electron chi connectivity index (χ2n) is 6.82. The molecule has 3 aromatic rings. The van der Waals surface area contributed by atoms with E-state index in [0.717, 1.165) is 6.42 Å². The van der Waals surface area contributed by atoms with Gasteiger partial charge in [0.15, 0.2) is 0 Å². The van der Waals surface area contributed by atoms with Crippen molar-refractivity contribution in [3.63, 3.8) is 0 Å². The third-order valence-electron chi connectivity index (χ3n) is 4.89. The lowest BCUT2D eigenvalue weighted by atomic mass is 9.77. The Morgan fingerprint density at radius 1 is 1.26 bits per heavy atom. The van der Waals surface area contributed by atoms with Crippen LogP contribution in [0.3, 0.4) is 0 Å². The van der Waals surface area contributed by atoms with Crippen molar-refractivity contribution in [1.29, 1.82) is 0 Å². The minimum absolute atomic E-state index is 0.170. The van der Waals surface area contributed by atoms with Crippen LogP contribution in [0.4, 0.5) is 4.39 Å². The maximum absolute atomic E-state index is 13.7. The monoisotopic (exact) mass is 365 g/mol. The molecule has 1 aliphatic carbocycles. The Kier molecular flexibility index (Phi) is 4.45. The molecule has 0 radical (unpaired) electrons. The number of nitrogens with two attached hydrogens (primary N) is 1. The van der Waals surface area contributed by atoms with Crippen LogP contribution in [0.1, 0.15) is 25.1 Å². The number of carbonyl (C=O) groups is 1. The van der Waals surface area contributed by atoms with Gasteiger partial charge in [-0.1, -0.05) is 18.2 Å². The quantitative estimate of drug-likeness (QED) is 0.648. The lowest BCUT2D eigenvalue weighted by Gasteiger charge is -2.36. The Morgan fingerprint density at radius 3 is 2.78 bits per heavy atom. The summed E-state index contributed by atoms with van der Waals surface area (Å²) in [5.74, 6) is 0.0513. The SMILES string of the molecule is NC1(C(=O)NCc2nc(-c3cccc(F)c3)c(-c3ccccn3)[nH]2)CCC1. The number of imidazole rings is 1. The molecule has 0 unspecified atom stereocenters. The molecule has 27 heavy (non-hydrogen) atoms. The minimum Gasteiger partial charge on any atom is -0.347 e. The smallest absolute Gasteiger partial charge is 0.240 e. The molecule has 0 saturated heterocycles. The van der Waals surface area contributed by atoms with Gasteiger partial charge in [0.25, 0.3) is 0 Å². The summed E-state index contributed by atoms with van der Waals surface area (Å²) in [5, 5.41) is 2.84. The summed E-state index contributed by atoms with van der Waals surface area (Å²) in [4.78, 5) is 24.4. The largest absolute Gasteiger partial charge is 0.347 e. The fraction of sp³-hybridized carbons (Fsp3) is 0.250. The molecular weight excluding hydrogens is 345 g/mol. The summed E-state index contributed by atoms with van der Waals surface area (Å²) in [5.41, 5.74) is 7.88. The van der Waals surface area contributed by atoms with Crippen LogP contribution in [0, 0.1) is 5.82 Å². The molecular formula is C20H20FN5O. The predicted molar refractivity (Wildman–Crippen MR) is 99.8 cm³/mol. The highest BCUT2D eigenvalue weighted by Gasteiger charge is 2.39. The van der Waals surface area contributed by atoms with Crippen molar-refractivity contribution in [1.82, 2.24) is 20.3 Å². The van der Waals surface area contributed by atoms with E-state index in [9.17, 15) is 9.18 Å². The van der Waals surface area contributed by atoms with Crippen molar-refractivity contribution in [3.05, 3.63) is 60.3 Å². The number of nitrogens with zero attached hydrogens (tertiary/aromatic N) is 2. The zero-order valence-corrected chi connectivity index (χ0v) is 14.7. The topological polar surface area (TPSA) is 96.7 Å². The van der Waals surface area contributed by atoms with E-state index in [1.54, 1.807) is 18.3 Å². The highest BCUT2D eigenvalue weighted by Crippen LogP contribution is 2.30. The van der Waals surface area contributed by atoms with Crippen LogP contribution < -0.4 is 11.1 Å². The first-order valence-corrected chi connectivity index (χ1v) is 8.89. The van der Waals surface area contributed by atoms with E-state index in [4.69, 9.17) is 5.73 Å². The van der Waals surface area contributed by atoms with Gasteiger partial charge in [0.1, 0.15) is 11.6 Å². The molecule has 1 saturated carbocycles. The molecule has 0 aliphatic heterocycles. The van der Waals surface area contributed by atoms with Crippen LogP contribution in [0.15, 0.2) is 48.7 Å². The number of aromatic nitrogens is 3. The highest BCUT2D eigenvalue weighted by atomic mass is 19.1. The van der Waals surface area contributed by atoms with E-state index in [1.807, 2.05) is 18.2 Å². The van der Waals surface area contributed by atoms with Gasteiger partial charge in [-0.3, -0.25) is 9.78 Å². The number of amides is 1. The fourth-order valence-electron chi connectivity index (χ4n) is 3.17. The molecule has 7 heteroatoms. The van der Waals surface area contributed by atoms with Crippen LogP contribution in [-0.2, 0) is 11.3 Å². The third-order valence-corrected chi connectivity index (χ3v) is 4.89. The van der Waals surface area contributed by atoms with Crippen LogP contribution in [-0.4, -0.2) is 26.4 Å². The maximum atomic E-state index is 13.7. The molecule has 4 N–H and O–H groups in total. The van der Waals surface area contributed by atoms with Crippen LogP contribution in [0.25, 0.3) is 22.6 Å².